The van der Waals surface area contributed by atoms with Crippen LogP contribution in [0.5, 0.6) is 11.5 Å². The third kappa shape index (κ3) is 8.39. The molecule has 0 unspecified atom stereocenters. The third-order valence-electron chi connectivity index (χ3n) is 6.10. The van der Waals surface area contributed by atoms with Crippen molar-refractivity contribution >= 4 is 5.97 Å². The van der Waals surface area contributed by atoms with Crippen molar-refractivity contribution in [3.8, 4) is 11.5 Å². The monoisotopic (exact) mass is 509 g/mol. The van der Waals surface area contributed by atoms with E-state index in [1.165, 1.54) is 7.11 Å². The first-order valence-corrected chi connectivity index (χ1v) is 12.3. The van der Waals surface area contributed by atoms with E-state index in [1.54, 1.807) is 43.3 Å². The lowest BCUT2D eigenvalue weighted by molar-refractivity contribution is -0.00481. The van der Waals surface area contributed by atoms with Crippen molar-refractivity contribution in [1.82, 2.24) is 5.32 Å². The summed E-state index contributed by atoms with van der Waals surface area (Å²) in [5.74, 6) is 0.583. The minimum atomic E-state index is -0.726. The standard InChI is InChI=1S/C30H36FNO5/c1-20-10-11-22(16-27(20)31)17-30(3,4)32-18-24(33)19-36-21(2)26-8-6-7-9-28(26)37-25-14-12-23(13-15-25)29(34)35-5/h6-16,21,24,32-33H,17-19H2,1-5H3/t21-,24-/m1/s1. The largest absolute Gasteiger partial charge is 0.465 e. The number of hydrogen-bond donors (Lipinski definition) is 2. The maximum Gasteiger partial charge on any atom is 0.337 e. The second kappa shape index (κ2) is 12.8. The molecule has 0 heterocycles. The number of methoxy groups -OCH3 is 1. The molecule has 0 bridgehead atoms. The number of hydrogen-bond acceptors (Lipinski definition) is 6. The van der Waals surface area contributed by atoms with E-state index in [0.717, 1.165) is 11.1 Å². The van der Waals surface area contributed by atoms with Gasteiger partial charge in [-0.05, 0) is 81.6 Å². The molecular formula is C30H36FNO5. The lowest BCUT2D eigenvalue weighted by atomic mass is 9.94. The maximum absolute atomic E-state index is 13.9. The fourth-order valence-corrected chi connectivity index (χ4v) is 3.93. The van der Waals surface area contributed by atoms with Crippen LogP contribution in [-0.4, -0.2) is 43.0 Å². The Hall–Kier alpha value is -3.26. The second-order valence-corrected chi connectivity index (χ2v) is 9.81. The zero-order valence-corrected chi connectivity index (χ0v) is 22.1. The number of rotatable bonds is 12. The molecule has 0 aliphatic heterocycles. The molecule has 0 aliphatic rings. The molecule has 0 aromatic heterocycles. The summed E-state index contributed by atoms with van der Waals surface area (Å²) in [4.78, 5) is 11.6. The summed E-state index contributed by atoms with van der Waals surface area (Å²) in [6.07, 6.45) is -0.432. The number of aliphatic hydroxyl groups is 1. The SMILES string of the molecule is COC(=O)c1ccc(Oc2ccccc2[C@@H](C)OC[C@H](O)CNC(C)(C)Cc2ccc(C)c(F)c2)cc1. The number of ether oxygens (including phenoxy) is 3. The van der Waals surface area contributed by atoms with Crippen LogP contribution in [0.3, 0.4) is 0 Å². The molecule has 2 atom stereocenters. The molecule has 3 aromatic carbocycles. The summed E-state index contributed by atoms with van der Waals surface area (Å²) >= 11 is 0. The molecule has 0 saturated heterocycles. The lowest BCUT2D eigenvalue weighted by Crippen LogP contribution is -2.46. The quantitative estimate of drug-likeness (QED) is 0.302. The van der Waals surface area contributed by atoms with Crippen LogP contribution >= 0.6 is 0 Å². The molecule has 7 heteroatoms. The smallest absolute Gasteiger partial charge is 0.337 e. The average Bonchev–Trinajstić information content (AvgIpc) is 2.88. The zero-order chi connectivity index (χ0) is 27.0. The van der Waals surface area contributed by atoms with Gasteiger partial charge in [0, 0.05) is 17.6 Å². The van der Waals surface area contributed by atoms with Crippen molar-refractivity contribution < 1.29 is 28.5 Å². The Morgan fingerprint density at radius 2 is 1.78 bits per heavy atom. The summed E-state index contributed by atoms with van der Waals surface area (Å²) in [7, 11) is 1.34. The number of nitrogens with one attached hydrogen (secondary N) is 1. The highest BCUT2D eigenvalue weighted by Crippen LogP contribution is 2.31. The number of halogens is 1. The van der Waals surface area contributed by atoms with E-state index < -0.39 is 12.1 Å². The van der Waals surface area contributed by atoms with Gasteiger partial charge in [0.15, 0.2) is 0 Å². The van der Waals surface area contributed by atoms with Crippen molar-refractivity contribution in [1.29, 1.82) is 0 Å². The topological polar surface area (TPSA) is 77.0 Å². The minimum Gasteiger partial charge on any atom is -0.465 e. The number of aryl methyl sites for hydroxylation is 1. The van der Waals surface area contributed by atoms with Crippen LogP contribution in [0.15, 0.2) is 66.7 Å². The third-order valence-corrected chi connectivity index (χ3v) is 6.10. The van der Waals surface area contributed by atoms with Crippen LogP contribution in [0, 0.1) is 12.7 Å². The van der Waals surface area contributed by atoms with Crippen LogP contribution in [0.1, 0.15) is 53.9 Å². The van der Waals surface area contributed by atoms with Gasteiger partial charge in [-0.2, -0.15) is 0 Å². The summed E-state index contributed by atoms with van der Waals surface area (Å²) in [6, 6.07) is 19.5. The van der Waals surface area contributed by atoms with Crippen LogP contribution < -0.4 is 10.1 Å². The molecule has 198 valence electrons. The molecule has 0 saturated carbocycles. The average molecular weight is 510 g/mol. The Balaban J connectivity index is 1.52. The number of benzene rings is 3. The fourth-order valence-electron chi connectivity index (χ4n) is 3.93. The molecule has 0 spiro atoms. The van der Waals surface area contributed by atoms with Crippen molar-refractivity contribution in [2.24, 2.45) is 0 Å². The molecule has 3 aromatic rings. The van der Waals surface area contributed by atoms with E-state index in [1.807, 2.05) is 51.1 Å². The van der Waals surface area contributed by atoms with E-state index in [4.69, 9.17) is 14.2 Å². The Morgan fingerprint density at radius 1 is 1.08 bits per heavy atom. The summed E-state index contributed by atoms with van der Waals surface area (Å²) < 4.78 is 30.6. The second-order valence-electron chi connectivity index (χ2n) is 9.81. The zero-order valence-electron chi connectivity index (χ0n) is 22.1. The number of β-amino-alcohol motifs (C(OH)–C–C–N with tert-alkyl or cyclic N) is 1. The predicted octanol–water partition coefficient (Wildman–Crippen LogP) is 5.76. The molecule has 0 radical (unpaired) electrons. The molecule has 0 amide bonds. The van der Waals surface area contributed by atoms with Crippen LogP contribution in [-0.2, 0) is 15.9 Å². The minimum absolute atomic E-state index is 0.131. The highest BCUT2D eigenvalue weighted by Gasteiger charge is 2.21. The normalized spacial score (nSPS) is 13.2. The summed E-state index contributed by atoms with van der Waals surface area (Å²) in [5.41, 5.74) is 2.47. The summed E-state index contributed by atoms with van der Waals surface area (Å²) in [5, 5.41) is 13.9. The van der Waals surface area contributed by atoms with Crippen LogP contribution in [0.2, 0.25) is 0 Å². The van der Waals surface area contributed by atoms with Gasteiger partial charge < -0.3 is 24.6 Å². The molecule has 0 aliphatic carbocycles. The van der Waals surface area contributed by atoms with Gasteiger partial charge in [-0.15, -0.1) is 0 Å². The molecule has 3 rings (SSSR count). The van der Waals surface area contributed by atoms with E-state index in [0.29, 0.717) is 35.6 Å². The number of aliphatic hydroxyl groups excluding tert-OH is 1. The van der Waals surface area contributed by atoms with Gasteiger partial charge in [0.2, 0.25) is 0 Å². The van der Waals surface area contributed by atoms with Gasteiger partial charge in [-0.1, -0.05) is 30.3 Å². The van der Waals surface area contributed by atoms with Crippen molar-refractivity contribution in [2.75, 3.05) is 20.3 Å². The Labute approximate surface area is 218 Å². The van der Waals surface area contributed by atoms with Gasteiger partial charge in [0.1, 0.15) is 17.3 Å². The van der Waals surface area contributed by atoms with Crippen molar-refractivity contribution in [3.05, 3.63) is 94.8 Å². The Morgan fingerprint density at radius 3 is 2.46 bits per heavy atom. The van der Waals surface area contributed by atoms with E-state index in [9.17, 15) is 14.3 Å². The number of para-hydroxylation sites is 1. The highest BCUT2D eigenvalue weighted by atomic mass is 19.1. The van der Waals surface area contributed by atoms with Crippen LogP contribution in [0.25, 0.3) is 0 Å². The van der Waals surface area contributed by atoms with E-state index in [-0.39, 0.29) is 24.1 Å². The summed E-state index contributed by atoms with van der Waals surface area (Å²) in [6.45, 7) is 8.15. The molecular weight excluding hydrogens is 473 g/mol. The van der Waals surface area contributed by atoms with Gasteiger partial charge in [0.05, 0.1) is 31.5 Å². The molecule has 2 N–H and O–H groups in total. The first-order chi connectivity index (χ1) is 17.6. The predicted molar refractivity (Wildman–Crippen MR) is 142 cm³/mol. The number of carbonyl (C=O) groups is 1. The molecule has 0 fully saturated rings. The van der Waals surface area contributed by atoms with Gasteiger partial charge in [-0.25, -0.2) is 9.18 Å². The lowest BCUT2D eigenvalue weighted by Gasteiger charge is -2.28. The molecule has 37 heavy (non-hydrogen) atoms. The highest BCUT2D eigenvalue weighted by molar-refractivity contribution is 5.89. The van der Waals surface area contributed by atoms with E-state index >= 15 is 0 Å². The van der Waals surface area contributed by atoms with Crippen molar-refractivity contribution in [2.45, 2.75) is 51.9 Å². The van der Waals surface area contributed by atoms with Crippen molar-refractivity contribution in [3.63, 3.8) is 0 Å². The fraction of sp³-hybridized carbons (Fsp3) is 0.367. The maximum atomic E-state index is 13.9. The first-order valence-electron chi connectivity index (χ1n) is 12.3. The van der Waals surface area contributed by atoms with Crippen LogP contribution in [0.4, 0.5) is 4.39 Å². The first kappa shape index (κ1) is 28.3. The number of esters is 1. The Kier molecular flexibility index (Phi) is 9.80. The Bertz CT molecular complexity index is 1180. The van der Waals surface area contributed by atoms with Gasteiger partial charge >= 0.3 is 5.97 Å². The van der Waals surface area contributed by atoms with Gasteiger partial charge in [-0.3, -0.25) is 0 Å². The molecule has 6 nitrogen and oxygen atoms in total. The number of carbonyl (C=O) groups excluding carboxylic acids is 1. The van der Waals surface area contributed by atoms with E-state index in [2.05, 4.69) is 5.32 Å². The van der Waals surface area contributed by atoms with Gasteiger partial charge in [0.25, 0.3) is 0 Å².